The first-order valence-corrected chi connectivity index (χ1v) is 7.89. The van der Waals surface area contributed by atoms with Gasteiger partial charge in [-0.3, -0.25) is 4.79 Å². The highest BCUT2D eigenvalue weighted by Crippen LogP contribution is 2.23. The van der Waals surface area contributed by atoms with E-state index in [-0.39, 0.29) is 0 Å². The van der Waals surface area contributed by atoms with Gasteiger partial charge in [0.05, 0.1) is 12.8 Å². The number of hydrogen-bond acceptors (Lipinski definition) is 4. The van der Waals surface area contributed by atoms with Crippen molar-refractivity contribution in [2.45, 2.75) is 20.0 Å². The van der Waals surface area contributed by atoms with E-state index >= 15 is 0 Å². The van der Waals surface area contributed by atoms with E-state index in [1.165, 1.54) is 20.1 Å². The van der Waals surface area contributed by atoms with Gasteiger partial charge in [0.1, 0.15) is 5.75 Å². The van der Waals surface area contributed by atoms with Crippen LogP contribution in [0.5, 0.6) is 5.75 Å². The van der Waals surface area contributed by atoms with Crippen molar-refractivity contribution in [2.75, 3.05) is 12.4 Å². The van der Waals surface area contributed by atoms with Crippen LogP contribution < -0.4 is 10.1 Å². The average molecular weight is 339 g/mol. The molecule has 5 nitrogen and oxygen atoms in total. The van der Waals surface area contributed by atoms with E-state index < -0.39 is 18.0 Å². The minimum absolute atomic E-state index is 0.429. The van der Waals surface area contributed by atoms with Crippen LogP contribution in [0.3, 0.4) is 0 Å². The number of rotatable bonds is 6. The lowest BCUT2D eigenvalue weighted by Crippen LogP contribution is -2.29. The first kappa shape index (κ1) is 18.3. The maximum absolute atomic E-state index is 12.2. The molecule has 25 heavy (non-hydrogen) atoms. The Labute approximate surface area is 147 Å². The van der Waals surface area contributed by atoms with Gasteiger partial charge in [-0.05, 0) is 37.6 Å². The molecule has 0 aliphatic carbocycles. The molecular weight excluding hydrogens is 318 g/mol. The molecule has 0 fully saturated rings. The molecule has 0 aliphatic rings. The number of ether oxygens (including phenoxy) is 2. The Kier molecular flexibility index (Phi) is 6.34. The maximum atomic E-state index is 12.2. The van der Waals surface area contributed by atoms with Crippen molar-refractivity contribution in [1.82, 2.24) is 0 Å². The van der Waals surface area contributed by atoms with Crippen molar-refractivity contribution >= 4 is 23.6 Å². The lowest BCUT2D eigenvalue weighted by molar-refractivity contribution is -0.148. The van der Waals surface area contributed by atoms with E-state index in [1.54, 1.807) is 30.3 Å². The first-order valence-electron chi connectivity index (χ1n) is 7.89. The Hall–Kier alpha value is -3.08. The number of anilines is 1. The number of nitrogens with one attached hydrogen (secondary N) is 1. The van der Waals surface area contributed by atoms with E-state index in [1.807, 2.05) is 31.2 Å². The number of aryl methyl sites for hydroxylation is 1. The van der Waals surface area contributed by atoms with Crippen molar-refractivity contribution in [3.63, 3.8) is 0 Å². The molecule has 5 heteroatoms. The second kappa shape index (κ2) is 8.68. The van der Waals surface area contributed by atoms with Gasteiger partial charge in [-0.25, -0.2) is 4.79 Å². The van der Waals surface area contributed by atoms with Crippen molar-refractivity contribution in [2.24, 2.45) is 0 Å². The standard InChI is InChI=1S/C20H21NO4/c1-14-8-10-16(11-9-14)12-13-19(22)25-15(2)20(23)21-17-6-4-5-7-18(17)24-3/h4-13,15H,1-3H3,(H,21,23)/b13-12+/t15-/m1/s1. The van der Waals surface area contributed by atoms with E-state index in [9.17, 15) is 9.59 Å². The number of amides is 1. The van der Waals surface area contributed by atoms with Crippen molar-refractivity contribution < 1.29 is 19.1 Å². The molecule has 0 bridgehead atoms. The molecule has 1 N–H and O–H groups in total. The quantitative estimate of drug-likeness (QED) is 0.645. The fourth-order valence-corrected chi connectivity index (χ4v) is 2.09. The molecule has 0 spiro atoms. The molecule has 0 radical (unpaired) electrons. The number of benzene rings is 2. The topological polar surface area (TPSA) is 64.6 Å². The summed E-state index contributed by atoms with van der Waals surface area (Å²) < 4.78 is 10.3. The molecule has 0 heterocycles. The third-order valence-electron chi connectivity index (χ3n) is 3.52. The Morgan fingerprint density at radius 1 is 1.08 bits per heavy atom. The smallest absolute Gasteiger partial charge is 0.331 e. The van der Waals surface area contributed by atoms with E-state index in [4.69, 9.17) is 9.47 Å². The lowest BCUT2D eigenvalue weighted by Gasteiger charge is -2.14. The molecule has 2 aromatic rings. The first-order chi connectivity index (χ1) is 12.0. The molecule has 0 unspecified atom stereocenters. The summed E-state index contributed by atoms with van der Waals surface area (Å²) in [7, 11) is 1.52. The van der Waals surface area contributed by atoms with Gasteiger partial charge in [-0.2, -0.15) is 0 Å². The fourth-order valence-electron chi connectivity index (χ4n) is 2.09. The molecule has 1 atom stereocenters. The zero-order valence-electron chi connectivity index (χ0n) is 14.5. The van der Waals surface area contributed by atoms with Gasteiger partial charge in [0.25, 0.3) is 5.91 Å². The number of carbonyl (C=O) groups is 2. The molecule has 2 rings (SSSR count). The van der Waals surface area contributed by atoms with Crippen molar-refractivity contribution in [3.8, 4) is 5.75 Å². The zero-order valence-corrected chi connectivity index (χ0v) is 14.5. The van der Waals surface area contributed by atoms with Gasteiger partial charge in [-0.1, -0.05) is 42.0 Å². The molecule has 130 valence electrons. The lowest BCUT2D eigenvalue weighted by atomic mass is 10.1. The van der Waals surface area contributed by atoms with Gasteiger partial charge in [0, 0.05) is 6.08 Å². The zero-order chi connectivity index (χ0) is 18.2. The molecule has 2 aromatic carbocycles. The summed E-state index contributed by atoms with van der Waals surface area (Å²) >= 11 is 0. The monoisotopic (exact) mass is 339 g/mol. The van der Waals surface area contributed by atoms with Crippen molar-refractivity contribution in [3.05, 3.63) is 65.7 Å². The predicted molar refractivity (Wildman–Crippen MR) is 97.4 cm³/mol. The largest absolute Gasteiger partial charge is 0.495 e. The highest BCUT2D eigenvalue weighted by Gasteiger charge is 2.17. The third kappa shape index (κ3) is 5.49. The van der Waals surface area contributed by atoms with Crippen LogP contribution in [0.1, 0.15) is 18.1 Å². The summed E-state index contributed by atoms with van der Waals surface area (Å²) in [5.41, 5.74) is 2.54. The minimum atomic E-state index is -0.930. The van der Waals surface area contributed by atoms with Gasteiger partial charge >= 0.3 is 5.97 Å². The summed E-state index contributed by atoms with van der Waals surface area (Å²) in [4.78, 5) is 24.0. The molecule has 0 aromatic heterocycles. The van der Waals surface area contributed by atoms with Crippen LogP contribution in [0.4, 0.5) is 5.69 Å². The van der Waals surface area contributed by atoms with Crippen molar-refractivity contribution in [1.29, 1.82) is 0 Å². The molecule has 0 saturated carbocycles. The maximum Gasteiger partial charge on any atom is 0.331 e. The number of para-hydroxylation sites is 2. The van der Waals surface area contributed by atoms with Crippen LogP contribution in [-0.4, -0.2) is 25.1 Å². The second-order valence-electron chi connectivity index (χ2n) is 5.51. The summed E-state index contributed by atoms with van der Waals surface area (Å²) in [5, 5.41) is 2.68. The number of esters is 1. The van der Waals surface area contributed by atoms with Crippen LogP contribution >= 0.6 is 0 Å². The fraction of sp³-hybridized carbons (Fsp3) is 0.200. The number of methoxy groups -OCH3 is 1. The molecule has 0 saturated heterocycles. The normalized spacial score (nSPS) is 11.8. The van der Waals surface area contributed by atoms with Crippen LogP contribution in [0.2, 0.25) is 0 Å². The third-order valence-corrected chi connectivity index (χ3v) is 3.52. The van der Waals surface area contributed by atoms with Gasteiger partial charge in [0.2, 0.25) is 0 Å². The van der Waals surface area contributed by atoms with Crippen LogP contribution in [0.15, 0.2) is 54.6 Å². The summed E-state index contributed by atoms with van der Waals surface area (Å²) in [6.07, 6.45) is 2.02. The Bertz CT molecular complexity index is 766. The summed E-state index contributed by atoms with van der Waals surface area (Å²) in [6.45, 7) is 3.51. The van der Waals surface area contributed by atoms with E-state index in [0.717, 1.165) is 11.1 Å². The highest BCUT2D eigenvalue weighted by atomic mass is 16.5. The Morgan fingerprint density at radius 3 is 2.44 bits per heavy atom. The van der Waals surface area contributed by atoms with Gasteiger partial charge < -0.3 is 14.8 Å². The Balaban J connectivity index is 1.91. The molecule has 1 amide bonds. The minimum Gasteiger partial charge on any atom is -0.495 e. The second-order valence-corrected chi connectivity index (χ2v) is 5.51. The van der Waals surface area contributed by atoms with Crippen LogP contribution in [0.25, 0.3) is 6.08 Å². The summed E-state index contributed by atoms with van der Waals surface area (Å²) in [5.74, 6) is -0.474. The van der Waals surface area contributed by atoms with E-state index in [0.29, 0.717) is 11.4 Å². The predicted octanol–water partition coefficient (Wildman–Crippen LogP) is 3.59. The van der Waals surface area contributed by atoms with Crippen LogP contribution in [0, 0.1) is 6.92 Å². The number of hydrogen-bond donors (Lipinski definition) is 1. The molecule has 0 aliphatic heterocycles. The van der Waals surface area contributed by atoms with E-state index in [2.05, 4.69) is 5.32 Å². The molecular formula is C20H21NO4. The van der Waals surface area contributed by atoms with Gasteiger partial charge in [0.15, 0.2) is 6.10 Å². The SMILES string of the molecule is COc1ccccc1NC(=O)[C@@H](C)OC(=O)/C=C/c1ccc(C)cc1. The average Bonchev–Trinajstić information content (AvgIpc) is 2.61. The summed E-state index contributed by atoms with van der Waals surface area (Å²) in [6, 6.07) is 14.7. The van der Waals surface area contributed by atoms with Crippen LogP contribution in [-0.2, 0) is 14.3 Å². The number of carbonyl (C=O) groups excluding carboxylic acids is 2. The van der Waals surface area contributed by atoms with Gasteiger partial charge in [-0.15, -0.1) is 0 Å². The highest BCUT2D eigenvalue weighted by molar-refractivity contribution is 5.97. The Morgan fingerprint density at radius 2 is 1.76 bits per heavy atom.